The average molecular weight is 168 g/mol. The van der Waals surface area contributed by atoms with Crippen molar-refractivity contribution in [2.24, 2.45) is 0 Å². The van der Waals surface area contributed by atoms with Crippen LogP contribution in [0.15, 0.2) is 30.6 Å². The molecule has 1 heterocycles. The summed E-state index contributed by atoms with van der Waals surface area (Å²) in [5.41, 5.74) is 0. The normalized spacial score (nSPS) is 12.8. The Bertz CT molecular complexity index is 211. The molecule has 0 saturated heterocycles. The van der Waals surface area contributed by atoms with Crippen LogP contribution in [0.25, 0.3) is 0 Å². The van der Waals surface area contributed by atoms with Crippen LogP contribution in [-0.2, 0) is 11.3 Å². The van der Waals surface area contributed by atoms with Gasteiger partial charge in [0.1, 0.15) is 6.61 Å². The molecule has 0 aliphatic carbocycles. The molecule has 3 heteroatoms. The van der Waals surface area contributed by atoms with Crippen molar-refractivity contribution in [3.8, 4) is 0 Å². The Morgan fingerprint density at radius 1 is 1.33 bits per heavy atom. The second-order valence-electron chi connectivity index (χ2n) is 2.58. The summed E-state index contributed by atoms with van der Waals surface area (Å²) in [5.74, 6) is 0. The van der Waals surface area contributed by atoms with E-state index in [1.165, 1.54) is 0 Å². The molecule has 12 heavy (non-hydrogen) atoms. The molecule has 0 aliphatic rings. The summed E-state index contributed by atoms with van der Waals surface area (Å²) in [5, 5.41) is 8.80. The van der Waals surface area contributed by atoms with E-state index in [-0.39, 0.29) is 0 Å². The Kier molecular flexibility index (Phi) is 3.70. The summed E-state index contributed by atoms with van der Waals surface area (Å²) in [6, 6.07) is 5.89. The Balaban J connectivity index is 2.25. The first-order valence-electron chi connectivity index (χ1n) is 4.03. The summed E-state index contributed by atoms with van der Waals surface area (Å²) in [7, 11) is 0. The van der Waals surface area contributed by atoms with Gasteiger partial charge in [0, 0.05) is 12.1 Å². The van der Waals surface area contributed by atoms with E-state index in [4.69, 9.17) is 9.84 Å². The lowest BCUT2D eigenvalue weighted by atomic mass is 10.5. The molecule has 0 fully saturated rings. The zero-order valence-electron chi connectivity index (χ0n) is 7.18. The Morgan fingerprint density at radius 2 is 2.00 bits per heavy atom. The molecule has 0 aliphatic heterocycles. The Labute approximate surface area is 72.2 Å². The highest BCUT2D eigenvalue weighted by Gasteiger charge is 1.99. The second kappa shape index (κ2) is 4.85. The van der Waals surface area contributed by atoms with Gasteiger partial charge < -0.3 is 9.84 Å². The molecule has 1 rings (SSSR count). The van der Waals surface area contributed by atoms with Crippen molar-refractivity contribution >= 4 is 0 Å². The third kappa shape index (κ3) is 3.46. The highest BCUT2D eigenvalue weighted by molar-refractivity contribution is 4.83. The fraction of sp³-hybridized carbons (Fsp3) is 0.444. The van der Waals surface area contributed by atoms with E-state index in [1.807, 2.05) is 35.2 Å². The van der Waals surface area contributed by atoms with Gasteiger partial charge in [-0.05, 0) is 6.92 Å². The number of hydrogen-bond donors (Lipinski definition) is 1. The zero-order valence-corrected chi connectivity index (χ0v) is 7.18. The van der Waals surface area contributed by atoms with Gasteiger partial charge >= 0.3 is 0 Å². The number of pyridine rings is 1. The van der Waals surface area contributed by atoms with Gasteiger partial charge in [-0.1, -0.05) is 6.07 Å². The molecule has 0 radical (unpaired) electrons. The maximum absolute atomic E-state index is 8.80. The van der Waals surface area contributed by atoms with Crippen molar-refractivity contribution in [1.29, 1.82) is 0 Å². The van der Waals surface area contributed by atoms with Crippen LogP contribution in [0.2, 0.25) is 0 Å². The van der Waals surface area contributed by atoms with E-state index in [0.29, 0.717) is 6.61 Å². The van der Waals surface area contributed by atoms with Crippen LogP contribution in [0.4, 0.5) is 0 Å². The lowest BCUT2D eigenvalue weighted by Gasteiger charge is -2.03. The first kappa shape index (κ1) is 9.16. The van der Waals surface area contributed by atoms with Crippen LogP contribution in [0.5, 0.6) is 0 Å². The second-order valence-corrected chi connectivity index (χ2v) is 2.58. The third-order valence-corrected chi connectivity index (χ3v) is 1.49. The minimum absolute atomic E-state index is 0.534. The predicted octanol–water partition coefficient (Wildman–Crippen LogP) is 0.329. The first-order valence-corrected chi connectivity index (χ1v) is 4.03. The van der Waals surface area contributed by atoms with Crippen molar-refractivity contribution in [2.75, 3.05) is 6.61 Å². The summed E-state index contributed by atoms with van der Waals surface area (Å²) >= 11 is 0. The SMILES string of the molecule is CC(O)OCC[n+]1ccccc1. The van der Waals surface area contributed by atoms with Gasteiger partial charge in [-0.15, -0.1) is 0 Å². The smallest absolute Gasteiger partial charge is 0.171 e. The summed E-state index contributed by atoms with van der Waals surface area (Å²) in [6.45, 7) is 2.91. The number of ether oxygens (including phenoxy) is 1. The van der Waals surface area contributed by atoms with Crippen LogP contribution in [0.3, 0.4) is 0 Å². The minimum atomic E-state index is -0.672. The van der Waals surface area contributed by atoms with Crippen molar-refractivity contribution in [1.82, 2.24) is 0 Å². The number of aliphatic hydroxyl groups is 1. The van der Waals surface area contributed by atoms with E-state index in [2.05, 4.69) is 0 Å². The standard InChI is InChI=1S/C9H14NO2/c1-9(11)12-8-7-10-5-3-2-4-6-10/h2-6,9,11H,7-8H2,1H3/q+1. The molecule has 0 spiro atoms. The Morgan fingerprint density at radius 3 is 2.58 bits per heavy atom. The van der Waals surface area contributed by atoms with Crippen LogP contribution in [0.1, 0.15) is 6.92 Å². The number of hydrogen-bond acceptors (Lipinski definition) is 2. The van der Waals surface area contributed by atoms with E-state index in [0.717, 1.165) is 6.54 Å². The van der Waals surface area contributed by atoms with Crippen LogP contribution in [-0.4, -0.2) is 18.0 Å². The van der Waals surface area contributed by atoms with Gasteiger partial charge in [-0.3, -0.25) is 0 Å². The van der Waals surface area contributed by atoms with Crippen LogP contribution in [0, 0.1) is 0 Å². The van der Waals surface area contributed by atoms with Crippen molar-refractivity contribution in [2.45, 2.75) is 19.8 Å². The summed E-state index contributed by atoms with van der Waals surface area (Å²) < 4.78 is 6.98. The van der Waals surface area contributed by atoms with Crippen LogP contribution >= 0.6 is 0 Å². The van der Waals surface area contributed by atoms with E-state index < -0.39 is 6.29 Å². The molecule has 0 amide bonds. The molecular weight excluding hydrogens is 154 g/mol. The number of rotatable bonds is 4. The number of aromatic nitrogens is 1. The first-order chi connectivity index (χ1) is 5.79. The molecule has 1 aromatic heterocycles. The molecule has 0 bridgehead atoms. The highest BCUT2D eigenvalue weighted by Crippen LogP contribution is 1.83. The van der Waals surface area contributed by atoms with Crippen LogP contribution < -0.4 is 4.57 Å². The van der Waals surface area contributed by atoms with Crippen molar-refractivity contribution in [3.63, 3.8) is 0 Å². The fourth-order valence-electron chi connectivity index (χ4n) is 0.912. The van der Waals surface area contributed by atoms with Gasteiger partial charge in [0.2, 0.25) is 0 Å². The summed E-state index contributed by atoms with van der Waals surface area (Å²) in [4.78, 5) is 0. The summed E-state index contributed by atoms with van der Waals surface area (Å²) in [6.07, 6.45) is 3.26. The molecule has 1 atom stereocenters. The molecule has 1 unspecified atom stereocenters. The lowest BCUT2D eigenvalue weighted by molar-refractivity contribution is -0.699. The van der Waals surface area contributed by atoms with Gasteiger partial charge in [-0.2, -0.15) is 0 Å². The minimum Gasteiger partial charge on any atom is -0.368 e. The third-order valence-electron chi connectivity index (χ3n) is 1.49. The van der Waals surface area contributed by atoms with Gasteiger partial charge in [0.05, 0.1) is 0 Å². The highest BCUT2D eigenvalue weighted by atomic mass is 16.6. The topological polar surface area (TPSA) is 33.3 Å². The predicted molar refractivity (Wildman–Crippen MR) is 44.3 cm³/mol. The van der Waals surface area contributed by atoms with Crippen molar-refractivity contribution in [3.05, 3.63) is 30.6 Å². The molecule has 0 saturated carbocycles. The Hall–Kier alpha value is -0.930. The number of aliphatic hydroxyl groups excluding tert-OH is 1. The molecule has 66 valence electrons. The fourth-order valence-corrected chi connectivity index (χ4v) is 0.912. The largest absolute Gasteiger partial charge is 0.368 e. The maximum Gasteiger partial charge on any atom is 0.171 e. The molecule has 1 N–H and O–H groups in total. The quantitative estimate of drug-likeness (QED) is 0.519. The average Bonchev–Trinajstić information content (AvgIpc) is 2.05. The van der Waals surface area contributed by atoms with Crippen molar-refractivity contribution < 1.29 is 14.4 Å². The van der Waals surface area contributed by atoms with E-state index in [1.54, 1.807) is 6.92 Å². The van der Waals surface area contributed by atoms with E-state index in [9.17, 15) is 0 Å². The van der Waals surface area contributed by atoms with Gasteiger partial charge in [0.15, 0.2) is 25.2 Å². The maximum atomic E-state index is 8.80. The molecular formula is C9H14NO2+. The number of nitrogens with zero attached hydrogens (tertiary/aromatic N) is 1. The van der Waals surface area contributed by atoms with Gasteiger partial charge in [-0.25, -0.2) is 4.57 Å². The molecule has 1 aromatic rings. The van der Waals surface area contributed by atoms with E-state index >= 15 is 0 Å². The monoisotopic (exact) mass is 168 g/mol. The molecule has 0 aromatic carbocycles. The molecule has 3 nitrogen and oxygen atoms in total. The lowest BCUT2D eigenvalue weighted by Crippen LogP contribution is -2.35. The van der Waals surface area contributed by atoms with Gasteiger partial charge in [0.25, 0.3) is 0 Å². The zero-order chi connectivity index (χ0) is 8.81.